The van der Waals surface area contributed by atoms with Gasteiger partial charge in [-0.1, -0.05) is 24.3 Å². The third-order valence-corrected chi connectivity index (χ3v) is 3.89. The Hall–Kier alpha value is -3.92. The summed E-state index contributed by atoms with van der Waals surface area (Å²) in [5, 5.41) is 12.5. The van der Waals surface area contributed by atoms with E-state index < -0.39 is 23.5 Å². The highest BCUT2D eigenvalue weighted by Crippen LogP contribution is 2.13. The fourth-order valence-corrected chi connectivity index (χ4v) is 2.51. The Bertz CT molecular complexity index is 1130. The Labute approximate surface area is 154 Å². The van der Waals surface area contributed by atoms with E-state index in [2.05, 4.69) is 10.3 Å². The summed E-state index contributed by atoms with van der Waals surface area (Å²) in [7, 11) is 0. The molecule has 0 fully saturated rings. The van der Waals surface area contributed by atoms with Gasteiger partial charge in [0.05, 0.1) is 11.6 Å². The SMILES string of the molecule is CC(OC(=O)c1cc2ccccc2c(=O)[nH]1)C(=O)Nc1cccc(C#N)c1. The summed E-state index contributed by atoms with van der Waals surface area (Å²) in [6.45, 7) is 1.42. The van der Waals surface area contributed by atoms with E-state index >= 15 is 0 Å². The zero-order valence-corrected chi connectivity index (χ0v) is 14.4. The highest BCUT2D eigenvalue weighted by molar-refractivity contribution is 5.98. The molecule has 3 rings (SSSR count). The van der Waals surface area contributed by atoms with Gasteiger partial charge in [-0.2, -0.15) is 5.26 Å². The number of nitriles is 1. The number of carbonyl (C=O) groups is 2. The minimum absolute atomic E-state index is 0.0372. The van der Waals surface area contributed by atoms with Gasteiger partial charge in [0.15, 0.2) is 6.10 Å². The van der Waals surface area contributed by atoms with Crippen molar-refractivity contribution in [1.82, 2.24) is 4.98 Å². The predicted octanol–water partition coefficient (Wildman–Crippen LogP) is 2.58. The Morgan fingerprint density at radius 1 is 1.15 bits per heavy atom. The van der Waals surface area contributed by atoms with Crippen LogP contribution < -0.4 is 10.9 Å². The number of amides is 1. The van der Waals surface area contributed by atoms with E-state index in [0.29, 0.717) is 22.0 Å². The number of nitrogens with one attached hydrogen (secondary N) is 2. The topological polar surface area (TPSA) is 112 Å². The van der Waals surface area contributed by atoms with Crippen LogP contribution in [0.3, 0.4) is 0 Å². The number of fused-ring (bicyclic) bond motifs is 1. The van der Waals surface area contributed by atoms with Crippen molar-refractivity contribution in [1.29, 1.82) is 5.26 Å². The molecule has 0 aliphatic carbocycles. The molecule has 0 spiro atoms. The van der Waals surface area contributed by atoms with Crippen LogP contribution in [0.4, 0.5) is 5.69 Å². The molecule has 7 heteroatoms. The van der Waals surface area contributed by atoms with E-state index in [4.69, 9.17) is 10.00 Å². The summed E-state index contributed by atoms with van der Waals surface area (Å²) in [6, 6.07) is 16.7. The fourth-order valence-electron chi connectivity index (χ4n) is 2.51. The average Bonchev–Trinajstić information content (AvgIpc) is 2.68. The van der Waals surface area contributed by atoms with Crippen molar-refractivity contribution in [3.8, 4) is 6.07 Å². The number of ether oxygens (including phenoxy) is 1. The normalized spacial score (nSPS) is 11.4. The van der Waals surface area contributed by atoms with Crippen LogP contribution in [0.5, 0.6) is 0 Å². The van der Waals surface area contributed by atoms with Gasteiger partial charge in [0.2, 0.25) is 0 Å². The average molecular weight is 361 g/mol. The molecule has 2 N–H and O–H groups in total. The quantitative estimate of drug-likeness (QED) is 0.694. The van der Waals surface area contributed by atoms with Gasteiger partial charge in [0.25, 0.3) is 11.5 Å². The lowest BCUT2D eigenvalue weighted by Gasteiger charge is -2.13. The standard InChI is InChI=1S/C20H15N3O4/c1-12(18(24)22-15-7-4-5-13(9-15)11-21)27-20(26)17-10-14-6-2-3-8-16(14)19(25)23-17/h2-10,12H,1H3,(H,22,24)(H,23,25). The highest BCUT2D eigenvalue weighted by Gasteiger charge is 2.20. The Morgan fingerprint density at radius 2 is 1.93 bits per heavy atom. The molecule has 1 heterocycles. The third-order valence-electron chi connectivity index (χ3n) is 3.89. The summed E-state index contributed by atoms with van der Waals surface area (Å²) in [5.74, 6) is -1.37. The third kappa shape index (κ3) is 4.02. The molecule has 0 saturated heterocycles. The molecule has 0 saturated carbocycles. The van der Waals surface area contributed by atoms with Crippen molar-refractivity contribution in [2.45, 2.75) is 13.0 Å². The van der Waals surface area contributed by atoms with E-state index in [1.54, 1.807) is 42.5 Å². The van der Waals surface area contributed by atoms with E-state index in [-0.39, 0.29) is 5.69 Å². The summed E-state index contributed by atoms with van der Waals surface area (Å²) in [6.07, 6.45) is -1.10. The number of anilines is 1. The molecule has 0 radical (unpaired) electrons. The molecule has 134 valence electrons. The Kier molecular flexibility index (Phi) is 4.99. The number of hydrogen-bond donors (Lipinski definition) is 2. The first-order valence-corrected chi connectivity index (χ1v) is 8.12. The minimum atomic E-state index is -1.10. The van der Waals surface area contributed by atoms with Gasteiger partial charge < -0.3 is 15.0 Å². The molecule has 1 amide bonds. The summed E-state index contributed by atoms with van der Waals surface area (Å²) in [4.78, 5) is 39.0. The van der Waals surface area contributed by atoms with Gasteiger partial charge in [-0.3, -0.25) is 9.59 Å². The number of carbonyl (C=O) groups excluding carboxylic acids is 2. The summed E-state index contributed by atoms with van der Waals surface area (Å²) in [5.41, 5.74) is 0.363. The smallest absolute Gasteiger partial charge is 0.355 e. The number of aromatic nitrogens is 1. The lowest BCUT2D eigenvalue weighted by molar-refractivity contribution is -0.123. The second-order valence-electron chi connectivity index (χ2n) is 5.83. The van der Waals surface area contributed by atoms with Crippen molar-refractivity contribution in [2.75, 3.05) is 5.32 Å². The zero-order chi connectivity index (χ0) is 19.4. The number of hydrogen-bond acceptors (Lipinski definition) is 5. The number of nitrogens with zero attached hydrogens (tertiary/aromatic N) is 1. The number of H-pyrrole nitrogens is 1. The first kappa shape index (κ1) is 17.9. The number of esters is 1. The van der Waals surface area contributed by atoms with Gasteiger partial charge in [-0.05, 0) is 42.6 Å². The summed E-state index contributed by atoms with van der Waals surface area (Å²) < 4.78 is 5.14. The molecular weight excluding hydrogens is 346 g/mol. The maximum Gasteiger partial charge on any atom is 0.355 e. The molecule has 0 aliphatic heterocycles. The van der Waals surface area contributed by atoms with Crippen molar-refractivity contribution in [3.63, 3.8) is 0 Å². The molecular formula is C20H15N3O4. The van der Waals surface area contributed by atoms with Gasteiger partial charge in [0.1, 0.15) is 5.69 Å². The second kappa shape index (κ2) is 7.54. The zero-order valence-electron chi connectivity index (χ0n) is 14.4. The molecule has 3 aromatic rings. The molecule has 0 aliphatic rings. The van der Waals surface area contributed by atoms with Gasteiger partial charge >= 0.3 is 5.97 Å². The molecule has 7 nitrogen and oxygen atoms in total. The molecule has 0 bridgehead atoms. The van der Waals surface area contributed by atoms with Crippen LogP contribution in [-0.4, -0.2) is 23.0 Å². The van der Waals surface area contributed by atoms with Gasteiger partial charge in [-0.15, -0.1) is 0 Å². The first-order chi connectivity index (χ1) is 13.0. The van der Waals surface area contributed by atoms with E-state index in [0.717, 1.165) is 0 Å². The van der Waals surface area contributed by atoms with Crippen LogP contribution in [-0.2, 0) is 9.53 Å². The van der Waals surface area contributed by atoms with Crippen LogP contribution in [0.2, 0.25) is 0 Å². The van der Waals surface area contributed by atoms with Crippen molar-refractivity contribution >= 4 is 28.3 Å². The van der Waals surface area contributed by atoms with Crippen molar-refractivity contribution in [3.05, 3.63) is 76.2 Å². The van der Waals surface area contributed by atoms with Crippen LogP contribution in [0.15, 0.2) is 59.4 Å². The maximum absolute atomic E-state index is 12.3. The van der Waals surface area contributed by atoms with E-state index in [9.17, 15) is 14.4 Å². The van der Waals surface area contributed by atoms with E-state index in [1.165, 1.54) is 19.1 Å². The van der Waals surface area contributed by atoms with Crippen LogP contribution >= 0.6 is 0 Å². The largest absolute Gasteiger partial charge is 0.448 e. The maximum atomic E-state index is 12.3. The Balaban J connectivity index is 1.72. The lowest BCUT2D eigenvalue weighted by Crippen LogP contribution is -2.30. The lowest BCUT2D eigenvalue weighted by atomic mass is 10.1. The molecule has 2 aromatic carbocycles. The van der Waals surface area contributed by atoms with Crippen LogP contribution in [0, 0.1) is 11.3 Å². The predicted molar refractivity (Wildman–Crippen MR) is 99.2 cm³/mol. The highest BCUT2D eigenvalue weighted by atomic mass is 16.5. The summed E-state index contributed by atoms with van der Waals surface area (Å²) >= 11 is 0. The van der Waals surface area contributed by atoms with Crippen LogP contribution in [0.1, 0.15) is 23.0 Å². The monoisotopic (exact) mass is 361 g/mol. The van der Waals surface area contributed by atoms with Gasteiger partial charge in [0, 0.05) is 11.1 Å². The van der Waals surface area contributed by atoms with E-state index in [1.807, 2.05) is 6.07 Å². The molecule has 1 aromatic heterocycles. The fraction of sp³-hybridized carbons (Fsp3) is 0.100. The number of pyridine rings is 1. The molecule has 27 heavy (non-hydrogen) atoms. The first-order valence-electron chi connectivity index (χ1n) is 8.12. The van der Waals surface area contributed by atoms with Crippen molar-refractivity contribution in [2.24, 2.45) is 0 Å². The Morgan fingerprint density at radius 3 is 2.70 bits per heavy atom. The minimum Gasteiger partial charge on any atom is -0.448 e. The molecule has 1 unspecified atom stereocenters. The molecule has 1 atom stereocenters. The van der Waals surface area contributed by atoms with Crippen molar-refractivity contribution < 1.29 is 14.3 Å². The van der Waals surface area contributed by atoms with Gasteiger partial charge in [-0.25, -0.2) is 4.79 Å². The van der Waals surface area contributed by atoms with Crippen LogP contribution in [0.25, 0.3) is 10.8 Å². The number of rotatable bonds is 4. The second-order valence-corrected chi connectivity index (χ2v) is 5.83. The number of aromatic amines is 1. The number of benzene rings is 2.